The van der Waals surface area contributed by atoms with Gasteiger partial charge in [0.25, 0.3) is 0 Å². The number of halogens is 2. The standard InChI is InChI=1S/C14H11ClFN3OS/c1-20-9-5-6-21-13(9)12-10(14(17)19-18-12)7-3-2-4-8(15)11(7)16/h2-6H,1H3,(H3,17,18,19). The Morgan fingerprint density at radius 1 is 1.38 bits per heavy atom. The van der Waals surface area contributed by atoms with Gasteiger partial charge in [0.1, 0.15) is 11.6 Å². The fraction of sp³-hybridized carbons (Fsp3) is 0.0714. The second-order valence-electron chi connectivity index (χ2n) is 4.28. The van der Waals surface area contributed by atoms with Crippen LogP contribution in [0.1, 0.15) is 0 Å². The van der Waals surface area contributed by atoms with E-state index in [0.717, 1.165) is 4.88 Å². The summed E-state index contributed by atoms with van der Waals surface area (Å²) in [4.78, 5) is 0.802. The number of hydrogen-bond donors (Lipinski definition) is 2. The molecule has 0 atom stereocenters. The molecule has 4 nitrogen and oxygen atoms in total. The summed E-state index contributed by atoms with van der Waals surface area (Å²) >= 11 is 7.30. The maximum Gasteiger partial charge on any atom is 0.153 e. The molecule has 0 radical (unpaired) electrons. The summed E-state index contributed by atoms with van der Waals surface area (Å²) in [6, 6.07) is 6.60. The lowest BCUT2D eigenvalue weighted by Gasteiger charge is -2.07. The summed E-state index contributed by atoms with van der Waals surface area (Å²) in [5, 5.41) is 8.75. The minimum atomic E-state index is -0.524. The molecule has 2 aromatic heterocycles. The van der Waals surface area contributed by atoms with E-state index in [-0.39, 0.29) is 10.8 Å². The molecular weight excluding hydrogens is 313 g/mol. The van der Waals surface area contributed by atoms with Crippen LogP contribution < -0.4 is 10.5 Å². The Kier molecular flexibility index (Phi) is 3.57. The second kappa shape index (κ2) is 5.38. The lowest BCUT2D eigenvalue weighted by atomic mass is 10.0. The Balaban J connectivity index is 2.25. The van der Waals surface area contributed by atoms with Crippen molar-refractivity contribution >= 4 is 28.8 Å². The van der Waals surface area contributed by atoms with Gasteiger partial charge in [0.15, 0.2) is 5.82 Å². The molecule has 1 aromatic carbocycles. The van der Waals surface area contributed by atoms with Gasteiger partial charge >= 0.3 is 0 Å². The number of aromatic nitrogens is 2. The van der Waals surface area contributed by atoms with Gasteiger partial charge in [-0.15, -0.1) is 11.3 Å². The third kappa shape index (κ3) is 2.26. The molecule has 0 aliphatic carbocycles. The number of nitrogens with one attached hydrogen (secondary N) is 1. The lowest BCUT2D eigenvalue weighted by molar-refractivity contribution is 0.418. The highest BCUT2D eigenvalue weighted by molar-refractivity contribution is 7.14. The van der Waals surface area contributed by atoms with Gasteiger partial charge < -0.3 is 10.5 Å². The third-order valence-electron chi connectivity index (χ3n) is 3.09. The smallest absolute Gasteiger partial charge is 0.153 e. The van der Waals surface area contributed by atoms with E-state index in [1.54, 1.807) is 19.2 Å². The highest BCUT2D eigenvalue weighted by atomic mass is 35.5. The van der Waals surface area contributed by atoms with E-state index in [0.29, 0.717) is 22.6 Å². The van der Waals surface area contributed by atoms with Crippen LogP contribution in [-0.2, 0) is 0 Å². The zero-order valence-corrected chi connectivity index (χ0v) is 12.6. The Labute approximate surface area is 129 Å². The molecular formula is C14H11ClFN3OS. The SMILES string of the molecule is COc1ccsc1-c1[nH]nc(N)c1-c1cccc(Cl)c1F. The number of rotatable bonds is 3. The number of anilines is 1. The maximum atomic E-state index is 14.3. The van der Waals surface area contributed by atoms with Crippen molar-refractivity contribution in [3.05, 3.63) is 40.5 Å². The topological polar surface area (TPSA) is 63.9 Å². The zero-order valence-electron chi connectivity index (χ0n) is 11.0. The highest BCUT2D eigenvalue weighted by Gasteiger charge is 2.22. The molecule has 0 aliphatic heterocycles. The van der Waals surface area contributed by atoms with Crippen LogP contribution in [0.3, 0.4) is 0 Å². The van der Waals surface area contributed by atoms with E-state index in [1.807, 2.05) is 11.4 Å². The van der Waals surface area contributed by atoms with E-state index in [1.165, 1.54) is 17.4 Å². The van der Waals surface area contributed by atoms with E-state index in [4.69, 9.17) is 22.1 Å². The molecule has 3 N–H and O–H groups in total. The molecule has 0 bridgehead atoms. The summed E-state index contributed by atoms with van der Waals surface area (Å²) in [5.74, 6) is 0.359. The molecule has 7 heteroatoms. The fourth-order valence-electron chi connectivity index (χ4n) is 2.13. The van der Waals surface area contributed by atoms with Crippen LogP contribution in [0.15, 0.2) is 29.6 Å². The van der Waals surface area contributed by atoms with Crippen molar-refractivity contribution in [2.24, 2.45) is 0 Å². The minimum Gasteiger partial charge on any atom is -0.495 e. The van der Waals surface area contributed by atoms with Crippen molar-refractivity contribution < 1.29 is 9.13 Å². The Hall–Kier alpha value is -2.05. The van der Waals surface area contributed by atoms with Crippen LogP contribution in [0, 0.1) is 5.82 Å². The van der Waals surface area contributed by atoms with Crippen molar-refractivity contribution in [1.29, 1.82) is 0 Å². The minimum absolute atomic E-state index is 0.0391. The number of benzene rings is 1. The summed E-state index contributed by atoms with van der Waals surface area (Å²) in [6.07, 6.45) is 0. The highest BCUT2D eigenvalue weighted by Crippen LogP contribution is 2.43. The van der Waals surface area contributed by atoms with E-state index < -0.39 is 5.82 Å². The number of H-pyrrole nitrogens is 1. The monoisotopic (exact) mass is 323 g/mol. The lowest BCUT2D eigenvalue weighted by Crippen LogP contribution is -1.92. The van der Waals surface area contributed by atoms with Gasteiger partial charge in [0, 0.05) is 5.56 Å². The van der Waals surface area contributed by atoms with Gasteiger partial charge in [-0.3, -0.25) is 5.10 Å². The van der Waals surface area contributed by atoms with Crippen molar-refractivity contribution in [2.45, 2.75) is 0 Å². The summed E-state index contributed by atoms with van der Waals surface area (Å²) < 4.78 is 19.6. The largest absolute Gasteiger partial charge is 0.495 e. The zero-order chi connectivity index (χ0) is 15.0. The summed E-state index contributed by atoms with van der Waals surface area (Å²) in [6.45, 7) is 0. The normalized spacial score (nSPS) is 10.8. The van der Waals surface area contributed by atoms with Gasteiger partial charge in [-0.05, 0) is 17.5 Å². The number of aromatic amines is 1. The molecule has 108 valence electrons. The average Bonchev–Trinajstić information content (AvgIpc) is 3.08. The molecule has 3 aromatic rings. The van der Waals surface area contributed by atoms with E-state index in [9.17, 15) is 4.39 Å². The number of nitrogens with zero attached hydrogens (tertiary/aromatic N) is 1. The second-order valence-corrected chi connectivity index (χ2v) is 5.60. The van der Waals surface area contributed by atoms with E-state index in [2.05, 4.69) is 10.2 Å². The van der Waals surface area contributed by atoms with Gasteiger partial charge in [0.2, 0.25) is 0 Å². The predicted octanol–water partition coefficient (Wildman–Crippen LogP) is 4.19. The number of ether oxygens (including phenoxy) is 1. The van der Waals surface area contributed by atoms with Crippen molar-refractivity contribution in [2.75, 3.05) is 12.8 Å². The Morgan fingerprint density at radius 3 is 2.95 bits per heavy atom. The van der Waals surface area contributed by atoms with E-state index >= 15 is 0 Å². The van der Waals surface area contributed by atoms with Crippen LogP contribution in [0.25, 0.3) is 21.7 Å². The molecule has 21 heavy (non-hydrogen) atoms. The molecule has 0 aliphatic rings. The quantitative estimate of drug-likeness (QED) is 0.759. The third-order valence-corrected chi connectivity index (χ3v) is 4.30. The molecule has 2 heterocycles. The Morgan fingerprint density at radius 2 is 2.19 bits per heavy atom. The first kappa shape index (κ1) is 13.9. The molecule has 0 spiro atoms. The first-order valence-corrected chi connectivity index (χ1v) is 7.29. The van der Waals surface area contributed by atoms with Gasteiger partial charge in [-0.25, -0.2) is 4.39 Å². The number of nitrogens with two attached hydrogens (primary N) is 1. The van der Waals surface area contributed by atoms with Crippen LogP contribution in [-0.4, -0.2) is 17.3 Å². The maximum absolute atomic E-state index is 14.3. The Bertz CT molecular complexity index is 799. The number of thiophene rings is 1. The van der Waals surface area contributed by atoms with Crippen LogP contribution in [0.2, 0.25) is 5.02 Å². The van der Waals surface area contributed by atoms with Crippen LogP contribution in [0.4, 0.5) is 10.2 Å². The molecule has 0 fully saturated rings. The number of methoxy groups -OCH3 is 1. The van der Waals surface area contributed by atoms with Crippen LogP contribution in [0.5, 0.6) is 5.75 Å². The van der Waals surface area contributed by atoms with Gasteiger partial charge in [-0.1, -0.05) is 23.7 Å². The summed E-state index contributed by atoms with van der Waals surface area (Å²) in [7, 11) is 1.57. The molecule has 0 unspecified atom stereocenters. The van der Waals surface area contributed by atoms with Gasteiger partial charge in [0.05, 0.1) is 28.3 Å². The summed E-state index contributed by atoms with van der Waals surface area (Å²) in [5.41, 5.74) is 7.30. The number of nitrogen functional groups attached to an aromatic ring is 1. The van der Waals surface area contributed by atoms with Crippen molar-refractivity contribution in [1.82, 2.24) is 10.2 Å². The fourth-order valence-corrected chi connectivity index (χ4v) is 3.17. The number of hydrogen-bond acceptors (Lipinski definition) is 4. The first-order valence-electron chi connectivity index (χ1n) is 6.03. The average molecular weight is 324 g/mol. The first-order chi connectivity index (χ1) is 10.1. The van der Waals surface area contributed by atoms with Gasteiger partial charge in [-0.2, -0.15) is 5.10 Å². The van der Waals surface area contributed by atoms with Crippen LogP contribution >= 0.6 is 22.9 Å². The van der Waals surface area contributed by atoms with Crippen molar-refractivity contribution in [3.8, 4) is 27.4 Å². The molecule has 3 rings (SSSR count). The molecule has 0 amide bonds. The molecule has 0 saturated heterocycles. The molecule has 0 saturated carbocycles. The predicted molar refractivity (Wildman–Crippen MR) is 83.3 cm³/mol. The van der Waals surface area contributed by atoms with Crippen molar-refractivity contribution in [3.63, 3.8) is 0 Å².